The molecule has 1 fully saturated rings. The molecular formula is C12H23N3OS. The molecule has 0 bridgehead atoms. The molecule has 0 saturated heterocycles. The maximum Gasteiger partial charge on any atom is 0.231 e. The molecule has 17 heavy (non-hydrogen) atoms. The van der Waals surface area contributed by atoms with Crippen LogP contribution in [0, 0.1) is 11.3 Å². The molecule has 4 N–H and O–H groups in total. The van der Waals surface area contributed by atoms with Gasteiger partial charge in [-0.3, -0.25) is 9.69 Å². The summed E-state index contributed by atoms with van der Waals surface area (Å²) in [6, 6.07) is 0. The van der Waals surface area contributed by atoms with Crippen molar-refractivity contribution in [1.29, 1.82) is 0 Å². The Morgan fingerprint density at radius 2 is 2.00 bits per heavy atom. The molecule has 0 aromatic carbocycles. The first-order chi connectivity index (χ1) is 7.83. The Kier molecular flexibility index (Phi) is 4.89. The second-order valence-electron chi connectivity index (χ2n) is 5.67. The normalized spacial score (nSPS) is 17.4. The van der Waals surface area contributed by atoms with Crippen molar-refractivity contribution < 1.29 is 4.79 Å². The maximum absolute atomic E-state index is 11.0. The molecule has 1 aliphatic carbocycles. The fourth-order valence-electron chi connectivity index (χ4n) is 2.33. The van der Waals surface area contributed by atoms with Crippen LogP contribution in [0.25, 0.3) is 0 Å². The first-order valence-corrected chi connectivity index (χ1v) is 6.53. The number of hydrogen-bond donors (Lipinski definition) is 2. The third-order valence-corrected chi connectivity index (χ3v) is 3.21. The van der Waals surface area contributed by atoms with Crippen LogP contribution in [0.3, 0.4) is 0 Å². The second-order valence-corrected chi connectivity index (χ2v) is 6.20. The Hall–Kier alpha value is -0.680. The molecule has 4 nitrogen and oxygen atoms in total. The number of thiocarbonyl (C=S) groups is 1. The molecule has 0 radical (unpaired) electrons. The standard InChI is InChI=1S/C12H23N3OS/c1-9(2)6-15(7-10(13)16)8-12(3-4-12)5-11(14)17/h9H,3-8H2,1-2H3,(H2,13,16)(H2,14,17). The van der Waals surface area contributed by atoms with Crippen LogP contribution in [0.2, 0.25) is 0 Å². The van der Waals surface area contributed by atoms with Crippen LogP contribution in [-0.4, -0.2) is 35.4 Å². The van der Waals surface area contributed by atoms with Crippen molar-refractivity contribution in [3.05, 3.63) is 0 Å². The van der Waals surface area contributed by atoms with Crippen LogP contribution in [0.15, 0.2) is 0 Å². The van der Waals surface area contributed by atoms with Crippen molar-refractivity contribution in [2.24, 2.45) is 22.8 Å². The minimum atomic E-state index is -0.267. The van der Waals surface area contributed by atoms with Crippen molar-refractivity contribution >= 4 is 23.1 Å². The van der Waals surface area contributed by atoms with Crippen LogP contribution in [0.5, 0.6) is 0 Å². The zero-order chi connectivity index (χ0) is 13.1. The summed E-state index contributed by atoms with van der Waals surface area (Å²) >= 11 is 4.98. The lowest BCUT2D eigenvalue weighted by atomic mass is 10.0. The van der Waals surface area contributed by atoms with E-state index in [1.165, 1.54) is 0 Å². The monoisotopic (exact) mass is 257 g/mol. The number of amides is 1. The lowest BCUT2D eigenvalue weighted by Gasteiger charge is -2.27. The number of nitrogens with zero attached hydrogens (tertiary/aromatic N) is 1. The van der Waals surface area contributed by atoms with Gasteiger partial charge in [-0.05, 0) is 24.2 Å². The van der Waals surface area contributed by atoms with Crippen LogP contribution in [0.4, 0.5) is 0 Å². The maximum atomic E-state index is 11.0. The highest BCUT2D eigenvalue weighted by molar-refractivity contribution is 7.80. The molecule has 5 heteroatoms. The fraction of sp³-hybridized carbons (Fsp3) is 0.833. The topological polar surface area (TPSA) is 72.3 Å². The van der Waals surface area contributed by atoms with Crippen molar-refractivity contribution in [2.45, 2.75) is 33.1 Å². The van der Waals surface area contributed by atoms with Gasteiger partial charge in [-0.25, -0.2) is 0 Å². The van der Waals surface area contributed by atoms with E-state index in [2.05, 4.69) is 18.7 Å². The van der Waals surface area contributed by atoms with Crippen LogP contribution in [-0.2, 0) is 4.79 Å². The van der Waals surface area contributed by atoms with E-state index in [0.29, 0.717) is 17.5 Å². The van der Waals surface area contributed by atoms with Crippen molar-refractivity contribution in [1.82, 2.24) is 4.90 Å². The summed E-state index contributed by atoms with van der Waals surface area (Å²) in [4.78, 5) is 13.8. The predicted molar refractivity (Wildman–Crippen MR) is 73.5 cm³/mol. The summed E-state index contributed by atoms with van der Waals surface area (Å²) in [5.74, 6) is 0.256. The van der Waals surface area contributed by atoms with Gasteiger partial charge >= 0.3 is 0 Å². The molecule has 98 valence electrons. The summed E-state index contributed by atoms with van der Waals surface area (Å²) in [5.41, 5.74) is 11.1. The highest BCUT2D eigenvalue weighted by Gasteiger charge is 2.44. The zero-order valence-corrected chi connectivity index (χ0v) is 11.6. The van der Waals surface area contributed by atoms with Crippen molar-refractivity contribution in [3.8, 4) is 0 Å². The first kappa shape index (κ1) is 14.4. The number of carbonyl (C=O) groups excluding carboxylic acids is 1. The van der Waals surface area contributed by atoms with Gasteiger partial charge in [0.1, 0.15) is 0 Å². The fourth-order valence-corrected chi connectivity index (χ4v) is 2.64. The quantitative estimate of drug-likeness (QED) is 0.633. The van der Waals surface area contributed by atoms with Gasteiger partial charge in [0.15, 0.2) is 0 Å². The number of rotatable bonds is 8. The molecule has 1 saturated carbocycles. The van der Waals surface area contributed by atoms with Gasteiger partial charge in [0.05, 0.1) is 11.5 Å². The van der Waals surface area contributed by atoms with Crippen LogP contribution < -0.4 is 11.5 Å². The van der Waals surface area contributed by atoms with Gasteiger partial charge in [-0.15, -0.1) is 0 Å². The molecule has 1 aliphatic rings. The summed E-state index contributed by atoms with van der Waals surface area (Å²) in [6.45, 7) is 6.38. The molecule has 0 aromatic heterocycles. The van der Waals surface area contributed by atoms with Crippen molar-refractivity contribution in [2.75, 3.05) is 19.6 Å². The summed E-state index contributed by atoms with van der Waals surface area (Å²) in [6.07, 6.45) is 3.09. The van der Waals surface area contributed by atoms with Gasteiger partial charge in [0.2, 0.25) is 5.91 Å². The van der Waals surface area contributed by atoms with E-state index in [4.69, 9.17) is 23.7 Å². The Labute approximate surface area is 109 Å². The molecule has 0 unspecified atom stereocenters. The Morgan fingerprint density at radius 3 is 2.35 bits per heavy atom. The lowest BCUT2D eigenvalue weighted by Crippen LogP contribution is -2.40. The van der Waals surface area contributed by atoms with E-state index >= 15 is 0 Å². The number of primary amides is 1. The second kappa shape index (κ2) is 5.78. The van der Waals surface area contributed by atoms with E-state index in [0.717, 1.165) is 32.4 Å². The molecule has 0 aliphatic heterocycles. The molecule has 0 atom stereocenters. The minimum Gasteiger partial charge on any atom is -0.393 e. The molecule has 0 spiro atoms. The number of carbonyl (C=O) groups is 1. The predicted octanol–water partition coefficient (Wildman–Crippen LogP) is 0.886. The Morgan fingerprint density at radius 1 is 1.41 bits per heavy atom. The van der Waals surface area contributed by atoms with Gasteiger partial charge in [0, 0.05) is 19.5 Å². The number of hydrogen-bond acceptors (Lipinski definition) is 3. The highest BCUT2D eigenvalue weighted by Crippen LogP contribution is 2.49. The van der Waals surface area contributed by atoms with Gasteiger partial charge in [-0.1, -0.05) is 26.1 Å². The van der Waals surface area contributed by atoms with E-state index in [1.807, 2.05) is 0 Å². The van der Waals surface area contributed by atoms with Gasteiger partial charge < -0.3 is 11.5 Å². The molecule has 0 heterocycles. The van der Waals surface area contributed by atoms with E-state index in [-0.39, 0.29) is 11.3 Å². The van der Waals surface area contributed by atoms with E-state index in [9.17, 15) is 4.79 Å². The average molecular weight is 257 g/mol. The Balaban J connectivity index is 2.53. The molecule has 1 amide bonds. The molecule has 1 rings (SSSR count). The smallest absolute Gasteiger partial charge is 0.231 e. The SMILES string of the molecule is CC(C)CN(CC(N)=O)CC1(CC(N)=S)CC1. The third-order valence-electron chi connectivity index (χ3n) is 3.07. The Bertz CT molecular complexity index is 300. The summed E-state index contributed by atoms with van der Waals surface area (Å²) in [7, 11) is 0. The van der Waals surface area contributed by atoms with Crippen LogP contribution in [0.1, 0.15) is 33.1 Å². The van der Waals surface area contributed by atoms with Crippen LogP contribution >= 0.6 is 12.2 Å². The largest absolute Gasteiger partial charge is 0.393 e. The number of nitrogens with two attached hydrogens (primary N) is 2. The van der Waals surface area contributed by atoms with Gasteiger partial charge in [-0.2, -0.15) is 0 Å². The van der Waals surface area contributed by atoms with E-state index in [1.54, 1.807) is 0 Å². The highest BCUT2D eigenvalue weighted by atomic mass is 32.1. The summed E-state index contributed by atoms with van der Waals surface area (Å²) < 4.78 is 0. The lowest BCUT2D eigenvalue weighted by molar-refractivity contribution is -0.119. The third kappa shape index (κ3) is 5.46. The van der Waals surface area contributed by atoms with Gasteiger partial charge in [0.25, 0.3) is 0 Å². The van der Waals surface area contributed by atoms with Crippen molar-refractivity contribution in [3.63, 3.8) is 0 Å². The minimum absolute atomic E-state index is 0.218. The van der Waals surface area contributed by atoms with E-state index < -0.39 is 0 Å². The molecule has 0 aromatic rings. The first-order valence-electron chi connectivity index (χ1n) is 6.12. The zero-order valence-electron chi connectivity index (χ0n) is 10.7. The summed E-state index contributed by atoms with van der Waals surface area (Å²) in [5, 5.41) is 0. The average Bonchev–Trinajstić information content (AvgIpc) is 2.79. The molecular weight excluding hydrogens is 234 g/mol.